The normalized spacial score (nSPS) is 25.8. The molecule has 0 spiro atoms. The van der Waals surface area contributed by atoms with Crippen LogP contribution >= 0.6 is 0 Å². The van der Waals surface area contributed by atoms with Crippen molar-refractivity contribution in [2.45, 2.75) is 24.9 Å². The number of hydrogen-bond acceptors (Lipinski definition) is 7. The Hall–Kier alpha value is -1.89. The van der Waals surface area contributed by atoms with Crippen molar-refractivity contribution >= 4 is 27.2 Å². The Morgan fingerprint density at radius 2 is 2.23 bits per heavy atom. The molecular formula is C10H14FN7O3S. The molecule has 3 rings (SSSR count). The lowest BCUT2D eigenvalue weighted by molar-refractivity contribution is -0.0139. The molecule has 2 aromatic heterocycles. The number of ether oxygens (including phenoxy) is 1. The molecule has 0 aromatic carbocycles. The van der Waals surface area contributed by atoms with Crippen molar-refractivity contribution in [3.8, 4) is 0 Å². The summed E-state index contributed by atoms with van der Waals surface area (Å²) in [6.07, 6.45) is -0.323. The molecule has 3 heterocycles. The SMILES string of the molecule is Nc1ncnc2c1ncn2C1O[C@H](CNS(N)(=O)=O)C[C@H]1F. The van der Waals surface area contributed by atoms with Gasteiger partial charge in [0.15, 0.2) is 17.7 Å². The highest BCUT2D eigenvalue weighted by molar-refractivity contribution is 7.87. The Kier molecular flexibility index (Phi) is 3.68. The number of hydrogen-bond donors (Lipinski definition) is 3. The van der Waals surface area contributed by atoms with Gasteiger partial charge in [-0.25, -0.2) is 24.5 Å². The fourth-order valence-electron chi connectivity index (χ4n) is 2.34. The van der Waals surface area contributed by atoms with Crippen LogP contribution in [0.25, 0.3) is 11.2 Å². The molecule has 0 aliphatic carbocycles. The maximum Gasteiger partial charge on any atom is 0.274 e. The number of rotatable bonds is 4. The molecule has 1 fully saturated rings. The molecule has 1 aliphatic heterocycles. The van der Waals surface area contributed by atoms with Gasteiger partial charge in [-0.2, -0.15) is 13.1 Å². The molecule has 0 radical (unpaired) electrons. The average Bonchev–Trinajstić information content (AvgIpc) is 3.00. The van der Waals surface area contributed by atoms with Gasteiger partial charge in [0, 0.05) is 13.0 Å². The minimum absolute atomic E-state index is 0.0213. The highest BCUT2D eigenvalue weighted by atomic mass is 32.2. The van der Waals surface area contributed by atoms with Gasteiger partial charge in [0.05, 0.1) is 12.4 Å². The van der Waals surface area contributed by atoms with Gasteiger partial charge in [-0.1, -0.05) is 0 Å². The van der Waals surface area contributed by atoms with E-state index in [1.165, 1.54) is 17.2 Å². The van der Waals surface area contributed by atoms with Crippen molar-refractivity contribution in [2.75, 3.05) is 12.3 Å². The monoisotopic (exact) mass is 331 g/mol. The van der Waals surface area contributed by atoms with Gasteiger partial charge in [-0.3, -0.25) is 4.57 Å². The molecule has 0 saturated carbocycles. The Morgan fingerprint density at radius 1 is 1.45 bits per heavy atom. The maximum absolute atomic E-state index is 14.2. The van der Waals surface area contributed by atoms with E-state index in [0.717, 1.165) is 0 Å². The number of aromatic nitrogens is 4. The summed E-state index contributed by atoms with van der Waals surface area (Å²) in [6.45, 7) is -0.112. The van der Waals surface area contributed by atoms with Crippen molar-refractivity contribution in [2.24, 2.45) is 5.14 Å². The first-order valence-electron chi connectivity index (χ1n) is 6.35. The van der Waals surface area contributed by atoms with Crippen LogP contribution in [0.4, 0.5) is 10.2 Å². The van der Waals surface area contributed by atoms with Crippen LogP contribution in [-0.4, -0.2) is 46.8 Å². The second-order valence-corrected chi connectivity index (χ2v) is 6.26. The molecule has 0 bridgehead atoms. The van der Waals surface area contributed by atoms with Gasteiger partial charge in [0.1, 0.15) is 18.0 Å². The van der Waals surface area contributed by atoms with E-state index in [9.17, 15) is 12.8 Å². The van der Waals surface area contributed by atoms with Gasteiger partial charge >= 0.3 is 0 Å². The number of alkyl halides is 1. The van der Waals surface area contributed by atoms with E-state index < -0.39 is 28.7 Å². The minimum Gasteiger partial charge on any atom is -0.382 e. The van der Waals surface area contributed by atoms with Crippen molar-refractivity contribution in [1.82, 2.24) is 24.2 Å². The van der Waals surface area contributed by atoms with Gasteiger partial charge in [0.25, 0.3) is 10.2 Å². The lowest BCUT2D eigenvalue weighted by Crippen LogP contribution is -2.36. The van der Waals surface area contributed by atoms with Gasteiger partial charge < -0.3 is 10.5 Å². The first-order valence-corrected chi connectivity index (χ1v) is 7.89. The third-order valence-electron chi connectivity index (χ3n) is 3.30. The molecule has 0 amide bonds. The van der Waals surface area contributed by atoms with Crippen LogP contribution in [0.1, 0.15) is 12.6 Å². The summed E-state index contributed by atoms with van der Waals surface area (Å²) in [5.41, 5.74) is 6.37. The van der Waals surface area contributed by atoms with E-state index in [1.54, 1.807) is 0 Å². The summed E-state index contributed by atoms with van der Waals surface area (Å²) in [5, 5.41) is 4.83. The van der Waals surface area contributed by atoms with Gasteiger partial charge in [0.2, 0.25) is 0 Å². The van der Waals surface area contributed by atoms with Crippen LogP contribution in [0.2, 0.25) is 0 Å². The fraction of sp³-hybridized carbons (Fsp3) is 0.500. The van der Waals surface area contributed by atoms with Crippen LogP contribution in [0, 0.1) is 0 Å². The Bertz CT molecular complexity index is 795. The van der Waals surface area contributed by atoms with Gasteiger partial charge in [-0.15, -0.1) is 0 Å². The summed E-state index contributed by atoms with van der Waals surface area (Å²) in [4.78, 5) is 11.9. The molecule has 120 valence electrons. The van der Waals surface area contributed by atoms with E-state index in [2.05, 4.69) is 19.7 Å². The topological polar surface area (TPSA) is 151 Å². The maximum atomic E-state index is 14.2. The van der Waals surface area contributed by atoms with Crippen molar-refractivity contribution in [1.29, 1.82) is 0 Å². The number of halogens is 1. The van der Waals surface area contributed by atoms with Gasteiger partial charge in [-0.05, 0) is 0 Å². The second kappa shape index (κ2) is 5.39. The lowest BCUT2D eigenvalue weighted by Gasteiger charge is -2.16. The minimum atomic E-state index is -3.85. The average molecular weight is 331 g/mol. The number of fused-ring (bicyclic) bond motifs is 1. The molecule has 1 unspecified atom stereocenters. The van der Waals surface area contributed by atoms with E-state index in [0.29, 0.717) is 11.2 Å². The van der Waals surface area contributed by atoms with E-state index in [1.807, 2.05) is 0 Å². The number of imidazole rings is 1. The van der Waals surface area contributed by atoms with Crippen LogP contribution in [-0.2, 0) is 14.9 Å². The quantitative estimate of drug-likeness (QED) is 0.638. The second-order valence-electron chi connectivity index (χ2n) is 4.88. The molecule has 2 aromatic rings. The zero-order valence-electron chi connectivity index (χ0n) is 11.3. The Balaban J connectivity index is 1.81. The largest absolute Gasteiger partial charge is 0.382 e. The molecule has 10 nitrogen and oxygen atoms in total. The van der Waals surface area contributed by atoms with Crippen molar-refractivity contribution in [3.05, 3.63) is 12.7 Å². The number of anilines is 1. The molecule has 1 saturated heterocycles. The molecule has 22 heavy (non-hydrogen) atoms. The lowest BCUT2D eigenvalue weighted by atomic mass is 10.2. The van der Waals surface area contributed by atoms with Crippen molar-refractivity contribution in [3.63, 3.8) is 0 Å². The van der Waals surface area contributed by atoms with Crippen molar-refractivity contribution < 1.29 is 17.5 Å². The Morgan fingerprint density at radius 3 is 2.95 bits per heavy atom. The molecule has 3 atom stereocenters. The standard InChI is InChI=1S/C10H14FN7O3S/c11-6-1-5(2-17-22(13,19)20)21-10(6)18-4-16-7-8(12)14-3-15-9(7)18/h3-6,10,17H,1-2H2,(H2,12,14,15)(H2,13,19,20)/t5-,6+,10?/m0/s1. The van der Waals surface area contributed by atoms with E-state index >= 15 is 0 Å². The summed E-state index contributed by atoms with van der Waals surface area (Å²) in [7, 11) is -3.85. The number of nitrogens with zero attached hydrogens (tertiary/aromatic N) is 4. The number of nitrogens with two attached hydrogens (primary N) is 2. The predicted molar refractivity (Wildman–Crippen MR) is 74.3 cm³/mol. The van der Waals surface area contributed by atoms with E-state index in [-0.39, 0.29) is 18.8 Å². The molecule has 12 heteroatoms. The van der Waals surface area contributed by atoms with Crippen LogP contribution in [0.5, 0.6) is 0 Å². The summed E-state index contributed by atoms with van der Waals surface area (Å²) in [5.74, 6) is 0.185. The number of nitrogens with one attached hydrogen (secondary N) is 1. The molecule has 5 N–H and O–H groups in total. The van der Waals surface area contributed by atoms with Crippen LogP contribution < -0.4 is 15.6 Å². The highest BCUT2D eigenvalue weighted by Crippen LogP contribution is 2.33. The first-order chi connectivity index (χ1) is 10.3. The first kappa shape index (κ1) is 15.0. The van der Waals surface area contributed by atoms with Crippen LogP contribution in [0.15, 0.2) is 12.7 Å². The third kappa shape index (κ3) is 2.85. The number of nitrogen functional groups attached to an aromatic ring is 1. The third-order valence-corrected chi connectivity index (χ3v) is 3.87. The zero-order chi connectivity index (χ0) is 15.9. The fourth-order valence-corrected chi connectivity index (χ4v) is 2.76. The highest BCUT2D eigenvalue weighted by Gasteiger charge is 2.37. The zero-order valence-corrected chi connectivity index (χ0v) is 12.1. The Labute approximate surface area is 124 Å². The summed E-state index contributed by atoms with van der Waals surface area (Å²) in [6, 6.07) is 0. The predicted octanol–water partition coefficient (Wildman–Crippen LogP) is -1.17. The smallest absolute Gasteiger partial charge is 0.274 e. The molecular weight excluding hydrogens is 317 g/mol. The van der Waals surface area contributed by atoms with Crippen LogP contribution in [0.3, 0.4) is 0 Å². The summed E-state index contributed by atoms with van der Waals surface area (Å²) >= 11 is 0. The summed E-state index contributed by atoms with van der Waals surface area (Å²) < 4.78 is 44.9. The van der Waals surface area contributed by atoms with E-state index in [4.69, 9.17) is 15.6 Å². The molecule has 1 aliphatic rings.